The van der Waals surface area contributed by atoms with Gasteiger partial charge in [-0.05, 0) is 25.0 Å². The SMILES string of the molecule is COc1ccc2c3c1[C@@](O)(CN)CC[C@H]3CO2. The van der Waals surface area contributed by atoms with E-state index < -0.39 is 5.60 Å². The number of aliphatic hydroxyl groups is 1. The van der Waals surface area contributed by atoms with E-state index in [1.165, 1.54) is 0 Å². The van der Waals surface area contributed by atoms with Gasteiger partial charge in [-0.2, -0.15) is 0 Å². The van der Waals surface area contributed by atoms with Crippen LogP contribution in [0.1, 0.15) is 29.9 Å². The van der Waals surface area contributed by atoms with Crippen molar-refractivity contribution in [2.24, 2.45) is 5.73 Å². The van der Waals surface area contributed by atoms with E-state index in [2.05, 4.69) is 0 Å². The quantitative estimate of drug-likeness (QED) is 0.806. The number of ether oxygens (including phenoxy) is 2. The Kier molecular flexibility index (Phi) is 2.31. The predicted octanol–water partition coefficient (Wildman–Crippen LogP) is 1.11. The Hall–Kier alpha value is -1.26. The maximum Gasteiger partial charge on any atom is 0.125 e. The van der Waals surface area contributed by atoms with E-state index in [4.69, 9.17) is 15.2 Å². The van der Waals surface area contributed by atoms with E-state index >= 15 is 0 Å². The van der Waals surface area contributed by atoms with Crippen molar-refractivity contribution in [1.29, 1.82) is 0 Å². The average Bonchev–Trinajstić information content (AvgIpc) is 2.78. The van der Waals surface area contributed by atoms with Crippen LogP contribution in [0.15, 0.2) is 12.1 Å². The molecule has 0 fully saturated rings. The van der Waals surface area contributed by atoms with Gasteiger partial charge in [0.2, 0.25) is 0 Å². The molecular formula is C13H17NO3. The van der Waals surface area contributed by atoms with Gasteiger partial charge in [-0.1, -0.05) is 0 Å². The minimum absolute atomic E-state index is 0.215. The molecule has 0 amide bonds. The third kappa shape index (κ3) is 1.37. The van der Waals surface area contributed by atoms with Gasteiger partial charge in [0.15, 0.2) is 0 Å². The number of nitrogens with two attached hydrogens (primary N) is 1. The lowest BCUT2D eigenvalue weighted by Crippen LogP contribution is -2.39. The molecule has 4 heteroatoms. The molecule has 1 aliphatic carbocycles. The van der Waals surface area contributed by atoms with Gasteiger partial charge in [0.25, 0.3) is 0 Å². The Morgan fingerprint density at radius 2 is 2.41 bits per heavy atom. The highest BCUT2D eigenvalue weighted by Crippen LogP contribution is 2.51. The highest BCUT2D eigenvalue weighted by Gasteiger charge is 2.43. The van der Waals surface area contributed by atoms with Crippen molar-refractivity contribution < 1.29 is 14.6 Å². The molecule has 1 aromatic carbocycles. The second kappa shape index (κ2) is 3.62. The fourth-order valence-corrected chi connectivity index (χ4v) is 3.01. The van der Waals surface area contributed by atoms with Gasteiger partial charge in [-0.3, -0.25) is 0 Å². The van der Waals surface area contributed by atoms with Crippen LogP contribution in [0.25, 0.3) is 0 Å². The third-order valence-electron chi connectivity index (χ3n) is 3.94. The van der Waals surface area contributed by atoms with Crippen LogP contribution in [0.2, 0.25) is 0 Å². The summed E-state index contributed by atoms with van der Waals surface area (Å²) in [6.45, 7) is 0.919. The zero-order chi connectivity index (χ0) is 12.0. The number of methoxy groups -OCH3 is 1. The maximum atomic E-state index is 10.7. The molecule has 1 aromatic rings. The lowest BCUT2D eigenvalue weighted by molar-refractivity contribution is 0.0220. The van der Waals surface area contributed by atoms with Crippen molar-refractivity contribution in [3.63, 3.8) is 0 Å². The second-order valence-electron chi connectivity index (χ2n) is 4.84. The van der Waals surface area contributed by atoms with Gasteiger partial charge < -0.3 is 20.3 Å². The molecule has 17 heavy (non-hydrogen) atoms. The fourth-order valence-electron chi connectivity index (χ4n) is 3.01. The molecule has 3 N–H and O–H groups in total. The van der Waals surface area contributed by atoms with Crippen LogP contribution in [-0.2, 0) is 5.60 Å². The number of hydrogen-bond acceptors (Lipinski definition) is 4. The molecule has 0 aromatic heterocycles. The highest BCUT2D eigenvalue weighted by molar-refractivity contribution is 5.56. The van der Waals surface area contributed by atoms with Crippen molar-refractivity contribution in [3.05, 3.63) is 23.3 Å². The normalized spacial score (nSPS) is 29.7. The molecule has 4 nitrogen and oxygen atoms in total. The summed E-state index contributed by atoms with van der Waals surface area (Å²) in [6, 6.07) is 3.77. The Bertz CT molecular complexity index is 460. The summed E-state index contributed by atoms with van der Waals surface area (Å²) in [7, 11) is 1.62. The van der Waals surface area contributed by atoms with Crippen LogP contribution in [0.5, 0.6) is 11.5 Å². The molecule has 0 saturated carbocycles. The molecule has 92 valence electrons. The molecule has 0 radical (unpaired) electrons. The highest BCUT2D eigenvalue weighted by atomic mass is 16.5. The van der Waals surface area contributed by atoms with Crippen LogP contribution in [-0.4, -0.2) is 25.4 Å². The van der Waals surface area contributed by atoms with Gasteiger partial charge in [0, 0.05) is 23.6 Å². The van der Waals surface area contributed by atoms with Gasteiger partial charge in [0.05, 0.1) is 13.7 Å². The topological polar surface area (TPSA) is 64.7 Å². The molecule has 0 spiro atoms. The van der Waals surface area contributed by atoms with Crippen LogP contribution >= 0.6 is 0 Å². The Morgan fingerprint density at radius 1 is 1.59 bits per heavy atom. The standard InChI is InChI=1S/C13H17NO3/c1-16-10-3-2-9-11-8(6-17-9)4-5-13(15,7-14)12(10)11/h2-3,8,15H,4-7,14H2,1H3/t8-,13-/m0/s1. The zero-order valence-corrected chi connectivity index (χ0v) is 9.90. The van der Waals surface area contributed by atoms with Crippen LogP contribution < -0.4 is 15.2 Å². The summed E-state index contributed by atoms with van der Waals surface area (Å²) in [6.07, 6.45) is 1.59. The molecule has 3 rings (SSSR count). The summed E-state index contributed by atoms with van der Waals surface area (Å²) in [5.41, 5.74) is 6.72. The van der Waals surface area contributed by atoms with Crippen molar-refractivity contribution in [3.8, 4) is 11.5 Å². The summed E-state index contributed by atoms with van der Waals surface area (Å²) in [5.74, 6) is 1.96. The molecule has 2 aliphatic rings. The minimum atomic E-state index is -0.971. The molecule has 2 atom stereocenters. The van der Waals surface area contributed by atoms with Crippen molar-refractivity contribution in [1.82, 2.24) is 0 Å². The maximum absolute atomic E-state index is 10.7. The summed E-state index contributed by atoms with van der Waals surface area (Å²) >= 11 is 0. The summed E-state index contributed by atoms with van der Waals surface area (Å²) in [5, 5.41) is 10.7. The first-order valence-electron chi connectivity index (χ1n) is 5.96. The molecule has 1 aliphatic heterocycles. The number of hydrogen-bond donors (Lipinski definition) is 2. The first kappa shape index (κ1) is 10.9. The zero-order valence-electron chi connectivity index (χ0n) is 9.90. The second-order valence-corrected chi connectivity index (χ2v) is 4.84. The number of benzene rings is 1. The number of rotatable bonds is 2. The summed E-state index contributed by atoms with van der Waals surface area (Å²) in [4.78, 5) is 0. The molecule has 0 unspecified atom stereocenters. The fraction of sp³-hybridized carbons (Fsp3) is 0.538. The van der Waals surface area contributed by atoms with Crippen LogP contribution in [0, 0.1) is 0 Å². The van der Waals surface area contributed by atoms with Gasteiger partial charge in [-0.25, -0.2) is 0 Å². The van der Waals surface area contributed by atoms with E-state index in [0.717, 1.165) is 23.3 Å². The molecule has 1 heterocycles. The van der Waals surface area contributed by atoms with Crippen LogP contribution in [0.4, 0.5) is 0 Å². The monoisotopic (exact) mass is 235 g/mol. The van der Waals surface area contributed by atoms with E-state index in [1.807, 2.05) is 12.1 Å². The van der Waals surface area contributed by atoms with E-state index in [-0.39, 0.29) is 6.54 Å². The molecular weight excluding hydrogens is 218 g/mol. The van der Waals surface area contributed by atoms with E-state index in [0.29, 0.717) is 24.7 Å². The first-order chi connectivity index (χ1) is 8.19. The van der Waals surface area contributed by atoms with E-state index in [9.17, 15) is 5.11 Å². The van der Waals surface area contributed by atoms with E-state index in [1.54, 1.807) is 7.11 Å². The predicted molar refractivity (Wildman–Crippen MR) is 63.4 cm³/mol. The Morgan fingerprint density at radius 3 is 3.12 bits per heavy atom. The molecule has 0 bridgehead atoms. The lowest BCUT2D eigenvalue weighted by Gasteiger charge is -2.36. The van der Waals surface area contributed by atoms with Gasteiger partial charge in [0.1, 0.15) is 17.1 Å². The Labute approximate surface area is 100 Å². The van der Waals surface area contributed by atoms with Crippen molar-refractivity contribution in [2.45, 2.75) is 24.4 Å². The smallest absolute Gasteiger partial charge is 0.125 e. The van der Waals surface area contributed by atoms with Gasteiger partial charge >= 0.3 is 0 Å². The van der Waals surface area contributed by atoms with Crippen molar-refractivity contribution in [2.75, 3.05) is 20.3 Å². The largest absolute Gasteiger partial charge is 0.496 e. The molecule has 0 saturated heterocycles. The lowest BCUT2D eigenvalue weighted by atomic mass is 9.74. The summed E-state index contributed by atoms with van der Waals surface area (Å²) < 4.78 is 11.0. The third-order valence-corrected chi connectivity index (χ3v) is 3.94. The Balaban J connectivity index is 2.26. The minimum Gasteiger partial charge on any atom is -0.496 e. The average molecular weight is 235 g/mol. The van der Waals surface area contributed by atoms with Crippen molar-refractivity contribution >= 4 is 0 Å². The van der Waals surface area contributed by atoms with Gasteiger partial charge in [-0.15, -0.1) is 0 Å². The van der Waals surface area contributed by atoms with Crippen LogP contribution in [0.3, 0.4) is 0 Å². The first-order valence-corrected chi connectivity index (χ1v) is 5.96.